The van der Waals surface area contributed by atoms with Crippen molar-refractivity contribution in [3.05, 3.63) is 65.0 Å². The maximum absolute atomic E-state index is 13.9. The third-order valence-electron chi connectivity index (χ3n) is 3.06. The van der Waals surface area contributed by atoms with Gasteiger partial charge in [0.05, 0.1) is 0 Å². The lowest BCUT2D eigenvalue weighted by atomic mass is 10.1. The van der Waals surface area contributed by atoms with E-state index in [1.54, 1.807) is 19.1 Å². The van der Waals surface area contributed by atoms with E-state index in [1.807, 2.05) is 0 Å². The predicted octanol–water partition coefficient (Wildman–Crippen LogP) is 3.91. The number of nitrogens with one attached hydrogen (secondary N) is 1. The number of rotatable bonds is 4. The molecule has 0 aliphatic heterocycles. The van der Waals surface area contributed by atoms with Crippen LogP contribution in [0.3, 0.4) is 0 Å². The molecule has 2 rings (SSSR count). The molecule has 1 atom stereocenters. The van der Waals surface area contributed by atoms with Crippen LogP contribution >= 0.6 is 12.2 Å². The minimum atomic E-state index is -0.785. The number of halogens is 3. The summed E-state index contributed by atoms with van der Waals surface area (Å²) in [6.07, 6.45) is 0. The maximum Gasteiger partial charge on any atom is 0.150 e. The van der Waals surface area contributed by atoms with Gasteiger partial charge in [-0.3, -0.25) is 0 Å². The number of benzene rings is 2. The van der Waals surface area contributed by atoms with Gasteiger partial charge in [-0.25, -0.2) is 13.2 Å². The van der Waals surface area contributed by atoms with Crippen LogP contribution in [0.25, 0.3) is 0 Å². The average molecular weight is 310 g/mol. The van der Waals surface area contributed by atoms with Crippen molar-refractivity contribution in [3.8, 4) is 0 Å². The maximum atomic E-state index is 13.9. The Bertz CT molecular complexity index is 648. The lowest BCUT2D eigenvalue weighted by molar-refractivity contribution is 0.584. The number of thiocarbonyl (C=S) groups is 1. The topological polar surface area (TPSA) is 38.0 Å². The first-order valence-corrected chi connectivity index (χ1v) is 6.60. The molecule has 1 unspecified atom stereocenters. The van der Waals surface area contributed by atoms with Crippen molar-refractivity contribution in [1.82, 2.24) is 0 Å². The lowest BCUT2D eigenvalue weighted by Crippen LogP contribution is -2.13. The molecule has 0 amide bonds. The largest absolute Gasteiger partial charge is 0.389 e. The average Bonchev–Trinajstić information content (AvgIpc) is 2.43. The second-order valence-electron chi connectivity index (χ2n) is 4.60. The molecule has 0 bridgehead atoms. The number of hydrogen-bond acceptors (Lipinski definition) is 2. The van der Waals surface area contributed by atoms with Crippen molar-refractivity contribution in [3.63, 3.8) is 0 Å². The molecule has 0 saturated heterocycles. The third-order valence-corrected chi connectivity index (χ3v) is 3.29. The molecule has 3 N–H and O–H groups in total. The Morgan fingerprint density at radius 2 is 1.62 bits per heavy atom. The van der Waals surface area contributed by atoms with E-state index < -0.39 is 17.7 Å². The van der Waals surface area contributed by atoms with Crippen LogP contribution in [0, 0.1) is 17.5 Å². The van der Waals surface area contributed by atoms with Gasteiger partial charge < -0.3 is 11.1 Å². The molecule has 6 heteroatoms. The minimum absolute atomic E-state index is 0.0778. The summed E-state index contributed by atoms with van der Waals surface area (Å²) >= 11 is 4.69. The lowest BCUT2D eigenvalue weighted by Gasteiger charge is -2.17. The fraction of sp³-hybridized carbons (Fsp3) is 0.133. The molecule has 21 heavy (non-hydrogen) atoms. The van der Waals surface area contributed by atoms with Crippen LogP contribution in [0.15, 0.2) is 36.4 Å². The summed E-state index contributed by atoms with van der Waals surface area (Å²) in [5, 5.41) is 2.72. The van der Waals surface area contributed by atoms with Crippen molar-refractivity contribution in [2.45, 2.75) is 13.0 Å². The first-order chi connectivity index (χ1) is 9.88. The van der Waals surface area contributed by atoms with E-state index in [0.29, 0.717) is 5.56 Å². The van der Waals surface area contributed by atoms with Gasteiger partial charge in [0.1, 0.15) is 28.1 Å². The molecule has 0 spiro atoms. The van der Waals surface area contributed by atoms with Gasteiger partial charge in [-0.15, -0.1) is 0 Å². The minimum Gasteiger partial charge on any atom is -0.389 e. The Morgan fingerprint density at radius 1 is 1.10 bits per heavy atom. The van der Waals surface area contributed by atoms with Crippen LogP contribution in [-0.4, -0.2) is 4.99 Å². The van der Waals surface area contributed by atoms with E-state index in [9.17, 15) is 13.2 Å². The zero-order valence-electron chi connectivity index (χ0n) is 11.2. The van der Waals surface area contributed by atoms with E-state index in [2.05, 4.69) is 17.5 Å². The smallest absolute Gasteiger partial charge is 0.150 e. The molecular formula is C15H13F3N2S. The summed E-state index contributed by atoms with van der Waals surface area (Å²) in [4.78, 5) is -0.0778. The van der Waals surface area contributed by atoms with Gasteiger partial charge in [0.2, 0.25) is 0 Å². The molecule has 2 nitrogen and oxygen atoms in total. The van der Waals surface area contributed by atoms with Crippen molar-refractivity contribution in [2.24, 2.45) is 5.73 Å². The van der Waals surface area contributed by atoms with Gasteiger partial charge in [-0.1, -0.05) is 24.4 Å². The number of anilines is 1. The van der Waals surface area contributed by atoms with Gasteiger partial charge in [-0.05, 0) is 36.8 Å². The van der Waals surface area contributed by atoms with Crippen LogP contribution < -0.4 is 11.1 Å². The molecule has 0 radical (unpaired) electrons. The highest BCUT2D eigenvalue weighted by Gasteiger charge is 2.15. The summed E-state index contributed by atoms with van der Waals surface area (Å²) in [6, 6.07) is 7.42. The third kappa shape index (κ3) is 3.52. The van der Waals surface area contributed by atoms with E-state index in [0.717, 1.165) is 12.1 Å². The van der Waals surface area contributed by atoms with Crippen molar-refractivity contribution in [1.29, 1.82) is 0 Å². The SMILES string of the molecule is CC(Nc1c(F)cc(C(N)=S)cc1F)c1ccc(F)cc1. The molecule has 0 heterocycles. The van der Waals surface area contributed by atoms with Gasteiger partial charge >= 0.3 is 0 Å². The Morgan fingerprint density at radius 3 is 2.10 bits per heavy atom. The van der Waals surface area contributed by atoms with Crippen LogP contribution in [0.1, 0.15) is 24.1 Å². The molecular weight excluding hydrogens is 297 g/mol. The normalized spacial score (nSPS) is 12.0. The van der Waals surface area contributed by atoms with Crippen LogP contribution in [0.2, 0.25) is 0 Å². The first-order valence-electron chi connectivity index (χ1n) is 6.19. The second-order valence-corrected chi connectivity index (χ2v) is 5.04. The molecule has 0 aromatic heterocycles. The van der Waals surface area contributed by atoms with Crippen LogP contribution in [0.5, 0.6) is 0 Å². The van der Waals surface area contributed by atoms with E-state index in [4.69, 9.17) is 5.73 Å². The molecule has 2 aromatic rings. The van der Waals surface area contributed by atoms with Gasteiger partial charge in [0, 0.05) is 11.6 Å². The van der Waals surface area contributed by atoms with E-state index >= 15 is 0 Å². The molecule has 0 aliphatic rings. The fourth-order valence-corrected chi connectivity index (χ4v) is 2.02. The summed E-state index contributed by atoms with van der Waals surface area (Å²) in [5.41, 5.74) is 5.91. The number of hydrogen-bond donors (Lipinski definition) is 2. The molecule has 0 saturated carbocycles. The summed E-state index contributed by atoms with van der Waals surface area (Å²) in [6.45, 7) is 1.72. The highest BCUT2D eigenvalue weighted by Crippen LogP contribution is 2.26. The highest BCUT2D eigenvalue weighted by atomic mass is 32.1. The van der Waals surface area contributed by atoms with E-state index in [-0.39, 0.29) is 22.1 Å². The standard InChI is InChI=1S/C15H13F3N2S/c1-8(9-2-4-11(16)5-3-9)20-14-12(17)6-10(15(19)21)7-13(14)18/h2-8,20H,1H3,(H2,19,21). The summed E-state index contributed by atoms with van der Waals surface area (Å²) in [7, 11) is 0. The Labute approximate surface area is 125 Å². The zero-order chi connectivity index (χ0) is 15.6. The van der Waals surface area contributed by atoms with Gasteiger partial charge in [0.25, 0.3) is 0 Å². The van der Waals surface area contributed by atoms with Crippen LogP contribution in [-0.2, 0) is 0 Å². The molecule has 110 valence electrons. The Kier molecular flexibility index (Phi) is 4.47. The Hall–Kier alpha value is -2.08. The monoisotopic (exact) mass is 310 g/mol. The van der Waals surface area contributed by atoms with Crippen molar-refractivity contribution >= 4 is 22.9 Å². The van der Waals surface area contributed by atoms with Gasteiger partial charge in [-0.2, -0.15) is 0 Å². The summed E-state index contributed by atoms with van der Waals surface area (Å²) in [5.74, 6) is -1.94. The van der Waals surface area contributed by atoms with E-state index in [1.165, 1.54) is 12.1 Å². The highest BCUT2D eigenvalue weighted by molar-refractivity contribution is 7.80. The zero-order valence-corrected chi connectivity index (χ0v) is 12.0. The molecule has 0 fully saturated rings. The van der Waals surface area contributed by atoms with Crippen molar-refractivity contribution in [2.75, 3.05) is 5.32 Å². The quantitative estimate of drug-likeness (QED) is 0.841. The van der Waals surface area contributed by atoms with Crippen molar-refractivity contribution < 1.29 is 13.2 Å². The van der Waals surface area contributed by atoms with Crippen LogP contribution in [0.4, 0.5) is 18.9 Å². The predicted molar refractivity (Wildman–Crippen MR) is 80.7 cm³/mol. The molecule has 2 aromatic carbocycles. The van der Waals surface area contributed by atoms with Gasteiger partial charge in [0.15, 0.2) is 0 Å². The fourth-order valence-electron chi connectivity index (χ4n) is 1.90. The first kappa shape index (κ1) is 15.3. The Balaban J connectivity index is 2.27. The second kappa shape index (κ2) is 6.13. The molecule has 0 aliphatic carbocycles. The number of nitrogens with two attached hydrogens (primary N) is 1. The summed E-state index contributed by atoms with van der Waals surface area (Å²) < 4.78 is 40.7.